The van der Waals surface area contributed by atoms with Gasteiger partial charge in [-0.3, -0.25) is 4.79 Å². The topological polar surface area (TPSA) is 108 Å². The minimum absolute atomic E-state index is 0.475. The lowest BCUT2D eigenvalue weighted by atomic mass is 10.2. The lowest BCUT2D eigenvalue weighted by Crippen LogP contribution is -2.21. The Morgan fingerprint density at radius 2 is 2.07 bits per heavy atom. The lowest BCUT2D eigenvalue weighted by molar-refractivity contribution is 0.0993. The van der Waals surface area contributed by atoms with Crippen LogP contribution in [0.25, 0.3) is 0 Å². The van der Waals surface area contributed by atoms with Gasteiger partial charge in [0.2, 0.25) is 0 Å². The van der Waals surface area contributed by atoms with E-state index in [1.54, 1.807) is 0 Å². The first kappa shape index (κ1) is 11.2. The van der Waals surface area contributed by atoms with E-state index in [1.165, 1.54) is 0 Å². The quantitative estimate of drug-likeness (QED) is 0.722. The van der Waals surface area contributed by atoms with Crippen LogP contribution < -0.4 is 16.2 Å². The Balaban J connectivity index is 3.33. The maximum absolute atomic E-state index is 13.2. The van der Waals surface area contributed by atoms with Crippen LogP contribution in [0, 0.1) is 5.82 Å². The first-order valence-electron chi connectivity index (χ1n) is 3.54. The van der Waals surface area contributed by atoms with Gasteiger partial charge >= 0.3 is 6.09 Å². The van der Waals surface area contributed by atoms with E-state index in [0.717, 1.165) is 6.20 Å². The molecule has 4 N–H and O–H groups in total. The first-order chi connectivity index (χ1) is 6.93. The van der Waals surface area contributed by atoms with Gasteiger partial charge in [0.15, 0.2) is 16.7 Å². The number of nitrogens with zero attached hydrogens (tertiary/aromatic N) is 1. The van der Waals surface area contributed by atoms with Crippen LogP contribution in [0.1, 0.15) is 10.4 Å². The molecule has 15 heavy (non-hydrogen) atoms. The molecule has 0 bridgehead atoms. The Bertz CT molecular complexity index is 438. The second-order valence-electron chi connectivity index (χ2n) is 2.39. The van der Waals surface area contributed by atoms with E-state index in [9.17, 15) is 14.0 Å². The molecule has 0 unspecified atom stereocenters. The zero-order valence-corrected chi connectivity index (χ0v) is 7.92. The SMILES string of the molecule is NC(=O)Oc1cnc(Cl)c(F)c1C(N)=O. The van der Waals surface area contributed by atoms with Crippen LogP contribution in [0.2, 0.25) is 5.15 Å². The highest BCUT2D eigenvalue weighted by molar-refractivity contribution is 6.30. The number of amides is 2. The molecule has 0 spiro atoms. The number of aromatic nitrogens is 1. The van der Waals surface area contributed by atoms with E-state index in [-0.39, 0.29) is 0 Å². The highest BCUT2D eigenvalue weighted by atomic mass is 35.5. The molecule has 0 aliphatic heterocycles. The molecule has 0 atom stereocenters. The van der Waals surface area contributed by atoms with Crippen molar-refractivity contribution in [1.82, 2.24) is 4.98 Å². The molecule has 1 rings (SSSR count). The largest absolute Gasteiger partial charge is 0.410 e. The summed E-state index contributed by atoms with van der Waals surface area (Å²) >= 11 is 5.30. The van der Waals surface area contributed by atoms with Gasteiger partial charge in [0.1, 0.15) is 5.56 Å². The van der Waals surface area contributed by atoms with Crippen LogP contribution in [-0.2, 0) is 0 Å². The number of ether oxygens (including phenoxy) is 1. The van der Waals surface area contributed by atoms with Gasteiger partial charge in [-0.15, -0.1) is 0 Å². The average molecular weight is 234 g/mol. The Morgan fingerprint density at radius 3 is 2.53 bits per heavy atom. The smallest absolute Gasteiger partial charge is 0.408 e. The molecule has 0 fully saturated rings. The minimum Gasteiger partial charge on any atom is -0.408 e. The van der Waals surface area contributed by atoms with E-state index in [0.29, 0.717) is 0 Å². The molecule has 0 aliphatic rings. The van der Waals surface area contributed by atoms with Crippen molar-refractivity contribution in [3.8, 4) is 5.75 Å². The van der Waals surface area contributed by atoms with Gasteiger partial charge in [0, 0.05) is 0 Å². The van der Waals surface area contributed by atoms with Crippen molar-refractivity contribution >= 4 is 23.6 Å². The number of halogens is 2. The third-order valence-electron chi connectivity index (χ3n) is 1.40. The summed E-state index contributed by atoms with van der Waals surface area (Å²) < 4.78 is 17.6. The van der Waals surface area contributed by atoms with Crippen LogP contribution in [0.3, 0.4) is 0 Å². The van der Waals surface area contributed by atoms with Crippen molar-refractivity contribution in [2.24, 2.45) is 11.5 Å². The maximum atomic E-state index is 13.2. The summed E-state index contributed by atoms with van der Waals surface area (Å²) in [5.41, 5.74) is 8.88. The molecule has 1 aromatic heterocycles. The van der Waals surface area contributed by atoms with Crippen molar-refractivity contribution in [2.45, 2.75) is 0 Å². The fourth-order valence-corrected chi connectivity index (χ4v) is 1.01. The summed E-state index contributed by atoms with van der Waals surface area (Å²) in [6.45, 7) is 0. The standard InChI is InChI=1S/C7H5ClFN3O3/c8-5-4(9)3(6(10)13)2(1-12-5)15-7(11)14/h1H,(H2,10,13)(H2,11,14). The number of hydrogen-bond acceptors (Lipinski definition) is 4. The number of carbonyl (C=O) groups excluding carboxylic acids is 2. The Kier molecular flexibility index (Phi) is 3.05. The molecule has 6 nitrogen and oxygen atoms in total. The lowest BCUT2D eigenvalue weighted by Gasteiger charge is -2.06. The molecular weight excluding hydrogens is 229 g/mol. The molecule has 0 aromatic carbocycles. The fraction of sp³-hybridized carbons (Fsp3) is 0. The molecular formula is C7H5ClFN3O3. The van der Waals surface area contributed by atoms with Crippen molar-refractivity contribution in [3.63, 3.8) is 0 Å². The van der Waals surface area contributed by atoms with Crippen LogP contribution in [0.15, 0.2) is 6.20 Å². The third-order valence-corrected chi connectivity index (χ3v) is 1.66. The van der Waals surface area contributed by atoms with Gasteiger partial charge in [-0.25, -0.2) is 14.2 Å². The number of hydrogen-bond donors (Lipinski definition) is 2. The molecule has 80 valence electrons. The molecule has 0 saturated carbocycles. The Morgan fingerprint density at radius 1 is 1.47 bits per heavy atom. The monoisotopic (exact) mass is 233 g/mol. The highest BCUT2D eigenvalue weighted by Crippen LogP contribution is 2.24. The number of rotatable bonds is 2. The zero-order valence-electron chi connectivity index (χ0n) is 7.16. The molecule has 2 amide bonds. The molecule has 1 heterocycles. The summed E-state index contributed by atoms with van der Waals surface area (Å²) in [6, 6.07) is 0. The van der Waals surface area contributed by atoms with Crippen LogP contribution >= 0.6 is 11.6 Å². The number of pyridine rings is 1. The van der Waals surface area contributed by atoms with Crippen LogP contribution in [-0.4, -0.2) is 17.0 Å². The van der Waals surface area contributed by atoms with Crippen LogP contribution in [0.4, 0.5) is 9.18 Å². The van der Waals surface area contributed by atoms with Gasteiger partial charge in [-0.05, 0) is 0 Å². The number of carbonyl (C=O) groups is 2. The van der Waals surface area contributed by atoms with Crippen molar-refractivity contribution in [2.75, 3.05) is 0 Å². The Hall–Kier alpha value is -1.89. The van der Waals surface area contributed by atoms with E-state index in [2.05, 4.69) is 15.5 Å². The molecule has 0 aliphatic carbocycles. The summed E-state index contributed by atoms with van der Waals surface area (Å²) in [7, 11) is 0. The summed E-state index contributed by atoms with van der Waals surface area (Å²) in [4.78, 5) is 24.6. The number of nitrogens with two attached hydrogens (primary N) is 2. The van der Waals surface area contributed by atoms with Gasteiger partial charge < -0.3 is 16.2 Å². The first-order valence-corrected chi connectivity index (χ1v) is 3.92. The van der Waals surface area contributed by atoms with Gasteiger partial charge in [0.25, 0.3) is 5.91 Å². The highest BCUT2D eigenvalue weighted by Gasteiger charge is 2.20. The van der Waals surface area contributed by atoms with Crippen LogP contribution in [0.5, 0.6) is 5.75 Å². The van der Waals surface area contributed by atoms with Gasteiger partial charge in [0.05, 0.1) is 6.20 Å². The Labute approximate surface area is 88.0 Å². The molecule has 0 saturated heterocycles. The van der Waals surface area contributed by atoms with E-state index < -0.39 is 34.3 Å². The summed E-state index contributed by atoms with van der Waals surface area (Å²) in [5.74, 6) is -2.78. The molecule has 1 aromatic rings. The van der Waals surface area contributed by atoms with Crippen molar-refractivity contribution < 1.29 is 18.7 Å². The maximum Gasteiger partial charge on any atom is 0.410 e. The van der Waals surface area contributed by atoms with Crippen molar-refractivity contribution in [3.05, 3.63) is 22.7 Å². The second-order valence-corrected chi connectivity index (χ2v) is 2.75. The minimum atomic E-state index is -1.22. The third kappa shape index (κ3) is 2.32. The molecule has 0 radical (unpaired) electrons. The predicted molar refractivity (Wildman–Crippen MR) is 47.9 cm³/mol. The van der Waals surface area contributed by atoms with E-state index in [4.69, 9.17) is 17.3 Å². The second kappa shape index (κ2) is 4.09. The van der Waals surface area contributed by atoms with Gasteiger partial charge in [-0.1, -0.05) is 11.6 Å². The van der Waals surface area contributed by atoms with Crippen molar-refractivity contribution in [1.29, 1.82) is 0 Å². The van der Waals surface area contributed by atoms with E-state index >= 15 is 0 Å². The average Bonchev–Trinajstić information content (AvgIpc) is 2.10. The van der Waals surface area contributed by atoms with Gasteiger partial charge in [-0.2, -0.15) is 0 Å². The normalized spacial score (nSPS) is 9.73. The fourth-order valence-electron chi connectivity index (χ4n) is 0.863. The summed E-state index contributed by atoms with van der Waals surface area (Å²) in [6.07, 6.45) is -0.350. The number of primary amides is 2. The zero-order chi connectivity index (χ0) is 11.6. The molecule has 8 heteroatoms. The summed E-state index contributed by atoms with van der Waals surface area (Å²) in [5, 5.41) is -0.555. The predicted octanol–water partition coefficient (Wildman–Crippen LogP) is 0.431. The van der Waals surface area contributed by atoms with E-state index in [1.807, 2.05) is 0 Å².